The smallest absolute Gasteiger partial charge is 0.171 e. The predicted molar refractivity (Wildman–Crippen MR) is 44.3 cm³/mol. The summed E-state index contributed by atoms with van der Waals surface area (Å²) in [4.78, 5) is 0. The SMILES string of the molecule is CC(CC=CCCC(F)(F)F)C(F)(F)F. The van der Waals surface area contributed by atoms with Gasteiger partial charge in [-0.25, -0.2) is 0 Å². The Hall–Kier alpha value is -0.680. The highest BCUT2D eigenvalue weighted by Crippen LogP contribution is 2.28. The van der Waals surface area contributed by atoms with E-state index in [1.165, 1.54) is 0 Å². The summed E-state index contributed by atoms with van der Waals surface area (Å²) in [6.07, 6.45) is -7.80. The summed E-state index contributed by atoms with van der Waals surface area (Å²) in [5.41, 5.74) is 0. The Morgan fingerprint density at radius 3 is 1.93 bits per heavy atom. The Morgan fingerprint density at radius 2 is 1.53 bits per heavy atom. The van der Waals surface area contributed by atoms with Crippen LogP contribution in [0.4, 0.5) is 26.3 Å². The zero-order chi connectivity index (χ0) is 12.1. The summed E-state index contributed by atoms with van der Waals surface area (Å²) in [5, 5.41) is 0. The molecule has 0 aromatic carbocycles. The highest BCUT2D eigenvalue weighted by molar-refractivity contribution is 4.85. The molecule has 0 heterocycles. The number of alkyl halides is 6. The molecule has 15 heavy (non-hydrogen) atoms. The van der Waals surface area contributed by atoms with E-state index in [0.717, 1.165) is 19.1 Å². The second kappa shape index (κ2) is 5.42. The molecule has 90 valence electrons. The van der Waals surface area contributed by atoms with Crippen LogP contribution >= 0.6 is 0 Å². The van der Waals surface area contributed by atoms with Crippen molar-refractivity contribution >= 4 is 0 Å². The maximum absolute atomic E-state index is 11.9. The van der Waals surface area contributed by atoms with Gasteiger partial charge in [0.05, 0.1) is 5.92 Å². The lowest BCUT2D eigenvalue weighted by atomic mass is 10.1. The van der Waals surface area contributed by atoms with Gasteiger partial charge in [0, 0.05) is 6.42 Å². The molecule has 0 aliphatic rings. The molecule has 0 aromatic heterocycles. The average Bonchev–Trinajstić information content (AvgIpc) is 1.99. The monoisotopic (exact) mass is 234 g/mol. The van der Waals surface area contributed by atoms with E-state index < -0.39 is 24.7 Å². The Morgan fingerprint density at radius 1 is 1.00 bits per heavy atom. The molecule has 0 bridgehead atoms. The first-order valence-electron chi connectivity index (χ1n) is 4.41. The fraction of sp³-hybridized carbons (Fsp3) is 0.778. The summed E-state index contributed by atoms with van der Waals surface area (Å²) in [5.74, 6) is -1.51. The zero-order valence-corrected chi connectivity index (χ0v) is 8.12. The maximum atomic E-state index is 11.9. The summed E-state index contributed by atoms with van der Waals surface area (Å²) < 4.78 is 70.7. The van der Waals surface area contributed by atoms with Gasteiger partial charge in [0.1, 0.15) is 0 Å². The molecule has 0 N–H and O–H groups in total. The van der Waals surface area contributed by atoms with E-state index in [-0.39, 0.29) is 12.8 Å². The molecule has 1 unspecified atom stereocenters. The van der Waals surface area contributed by atoms with Crippen LogP contribution in [0.25, 0.3) is 0 Å². The Labute approximate surface area is 84.0 Å². The quantitative estimate of drug-likeness (QED) is 0.497. The molecule has 0 saturated heterocycles. The molecule has 0 aliphatic carbocycles. The largest absolute Gasteiger partial charge is 0.391 e. The topological polar surface area (TPSA) is 0 Å². The van der Waals surface area contributed by atoms with Gasteiger partial charge >= 0.3 is 12.4 Å². The Balaban J connectivity index is 3.73. The van der Waals surface area contributed by atoms with Crippen LogP contribution in [0.3, 0.4) is 0 Å². The number of hydrogen-bond donors (Lipinski definition) is 0. The minimum Gasteiger partial charge on any atom is -0.171 e. The lowest BCUT2D eigenvalue weighted by Crippen LogP contribution is -2.18. The first kappa shape index (κ1) is 14.3. The van der Waals surface area contributed by atoms with Crippen LogP contribution in [0.2, 0.25) is 0 Å². The normalized spacial score (nSPS) is 15.9. The van der Waals surface area contributed by atoms with Crippen LogP contribution in [-0.2, 0) is 0 Å². The molecule has 0 aromatic rings. The first-order chi connectivity index (χ1) is 6.63. The van der Waals surface area contributed by atoms with Crippen molar-refractivity contribution in [2.45, 2.75) is 38.5 Å². The highest BCUT2D eigenvalue weighted by atomic mass is 19.4. The third kappa shape index (κ3) is 8.32. The fourth-order valence-corrected chi connectivity index (χ4v) is 0.799. The van der Waals surface area contributed by atoms with Crippen LogP contribution in [0, 0.1) is 5.92 Å². The van der Waals surface area contributed by atoms with Crippen LogP contribution in [-0.4, -0.2) is 12.4 Å². The minimum atomic E-state index is -4.28. The zero-order valence-electron chi connectivity index (χ0n) is 8.12. The molecule has 0 nitrogen and oxygen atoms in total. The third-order valence-electron chi connectivity index (χ3n) is 1.81. The van der Waals surface area contributed by atoms with Crippen molar-refractivity contribution < 1.29 is 26.3 Å². The van der Waals surface area contributed by atoms with Gasteiger partial charge in [0.15, 0.2) is 0 Å². The van der Waals surface area contributed by atoms with Gasteiger partial charge in [-0.05, 0) is 12.8 Å². The van der Waals surface area contributed by atoms with Crippen molar-refractivity contribution in [1.82, 2.24) is 0 Å². The summed E-state index contributed by atoms with van der Waals surface area (Å²) >= 11 is 0. The van der Waals surface area contributed by atoms with Crippen LogP contribution < -0.4 is 0 Å². The van der Waals surface area contributed by atoms with E-state index in [0.29, 0.717) is 0 Å². The van der Waals surface area contributed by atoms with E-state index in [9.17, 15) is 26.3 Å². The molecule has 0 rings (SSSR count). The summed E-state index contributed by atoms with van der Waals surface area (Å²) in [7, 11) is 0. The van der Waals surface area contributed by atoms with E-state index in [4.69, 9.17) is 0 Å². The number of allylic oxidation sites excluding steroid dienone is 2. The minimum absolute atomic E-state index is 0.270. The first-order valence-corrected chi connectivity index (χ1v) is 4.41. The summed E-state index contributed by atoms with van der Waals surface area (Å²) in [6.45, 7) is 0.994. The van der Waals surface area contributed by atoms with E-state index >= 15 is 0 Å². The second-order valence-corrected chi connectivity index (χ2v) is 3.30. The van der Waals surface area contributed by atoms with Crippen molar-refractivity contribution in [2.75, 3.05) is 0 Å². The molecule has 0 saturated carbocycles. The highest BCUT2D eigenvalue weighted by Gasteiger charge is 2.34. The van der Waals surface area contributed by atoms with Gasteiger partial charge in [-0.1, -0.05) is 19.1 Å². The summed E-state index contributed by atoms with van der Waals surface area (Å²) in [6, 6.07) is 0. The lowest BCUT2D eigenvalue weighted by Gasteiger charge is -2.12. The fourth-order valence-electron chi connectivity index (χ4n) is 0.799. The standard InChI is InChI=1S/C9H12F6/c1-7(9(13,14)15)5-3-2-4-6-8(10,11)12/h2-3,7H,4-6H2,1H3. The van der Waals surface area contributed by atoms with Crippen LogP contribution in [0.5, 0.6) is 0 Å². The van der Waals surface area contributed by atoms with E-state index in [1.54, 1.807) is 0 Å². The Kier molecular flexibility index (Phi) is 5.17. The van der Waals surface area contributed by atoms with Gasteiger partial charge in [-0.15, -0.1) is 0 Å². The molecule has 0 spiro atoms. The van der Waals surface area contributed by atoms with Gasteiger partial charge in [-0.2, -0.15) is 26.3 Å². The van der Waals surface area contributed by atoms with Gasteiger partial charge in [0.25, 0.3) is 0 Å². The van der Waals surface area contributed by atoms with Crippen molar-refractivity contribution in [3.8, 4) is 0 Å². The van der Waals surface area contributed by atoms with Crippen LogP contribution in [0.15, 0.2) is 12.2 Å². The molecule has 0 amide bonds. The molecular formula is C9H12F6. The van der Waals surface area contributed by atoms with E-state index in [1.807, 2.05) is 0 Å². The second-order valence-electron chi connectivity index (χ2n) is 3.30. The average molecular weight is 234 g/mol. The molecule has 0 radical (unpaired) electrons. The third-order valence-corrected chi connectivity index (χ3v) is 1.81. The predicted octanol–water partition coefficient (Wildman–Crippen LogP) is 4.47. The van der Waals surface area contributed by atoms with Crippen molar-refractivity contribution in [1.29, 1.82) is 0 Å². The number of rotatable bonds is 4. The number of halogens is 6. The van der Waals surface area contributed by atoms with Gasteiger partial charge < -0.3 is 0 Å². The molecule has 1 atom stereocenters. The van der Waals surface area contributed by atoms with Crippen molar-refractivity contribution in [3.05, 3.63) is 12.2 Å². The molecule has 0 fully saturated rings. The number of hydrogen-bond acceptors (Lipinski definition) is 0. The molecular weight excluding hydrogens is 222 g/mol. The van der Waals surface area contributed by atoms with Crippen LogP contribution in [0.1, 0.15) is 26.2 Å². The van der Waals surface area contributed by atoms with Crippen molar-refractivity contribution in [3.63, 3.8) is 0 Å². The van der Waals surface area contributed by atoms with E-state index in [2.05, 4.69) is 0 Å². The Bertz CT molecular complexity index is 200. The maximum Gasteiger partial charge on any atom is 0.391 e. The van der Waals surface area contributed by atoms with Gasteiger partial charge in [0.2, 0.25) is 0 Å². The lowest BCUT2D eigenvalue weighted by molar-refractivity contribution is -0.168. The van der Waals surface area contributed by atoms with Gasteiger partial charge in [-0.3, -0.25) is 0 Å². The molecule has 6 heteroatoms. The molecule has 0 aliphatic heterocycles. The van der Waals surface area contributed by atoms with Crippen molar-refractivity contribution in [2.24, 2.45) is 5.92 Å².